The SMILES string of the molecule is CCN(CC)c1ccc(C=Nc2cccc(CO)c2)c(O)c1. The summed E-state index contributed by atoms with van der Waals surface area (Å²) < 4.78 is 0. The molecule has 0 spiro atoms. The van der Waals surface area contributed by atoms with Gasteiger partial charge in [-0.15, -0.1) is 0 Å². The maximum Gasteiger partial charge on any atom is 0.126 e. The van der Waals surface area contributed by atoms with Gasteiger partial charge in [0, 0.05) is 36.6 Å². The number of aliphatic imine (C=N–C) groups is 1. The highest BCUT2D eigenvalue weighted by atomic mass is 16.3. The van der Waals surface area contributed by atoms with Crippen molar-refractivity contribution in [3.05, 3.63) is 53.6 Å². The quantitative estimate of drug-likeness (QED) is 0.803. The van der Waals surface area contributed by atoms with Crippen LogP contribution in [0.2, 0.25) is 0 Å². The zero-order valence-corrected chi connectivity index (χ0v) is 13.0. The highest BCUT2D eigenvalue weighted by Gasteiger charge is 2.05. The molecule has 0 saturated carbocycles. The number of phenolic OH excluding ortho intramolecular Hbond substituents is 1. The number of benzene rings is 2. The molecule has 2 rings (SSSR count). The summed E-state index contributed by atoms with van der Waals surface area (Å²) in [5.41, 5.74) is 3.24. The fraction of sp³-hybridized carbons (Fsp3) is 0.278. The van der Waals surface area contributed by atoms with Gasteiger partial charge in [0.05, 0.1) is 12.3 Å². The maximum absolute atomic E-state index is 10.2. The number of aliphatic hydroxyl groups excluding tert-OH is 1. The molecule has 0 bridgehead atoms. The molecule has 0 aliphatic rings. The van der Waals surface area contributed by atoms with E-state index in [0.29, 0.717) is 5.56 Å². The van der Waals surface area contributed by atoms with Gasteiger partial charge in [-0.05, 0) is 43.7 Å². The summed E-state index contributed by atoms with van der Waals surface area (Å²) in [4.78, 5) is 6.52. The molecule has 0 radical (unpaired) electrons. The lowest BCUT2D eigenvalue weighted by atomic mass is 10.1. The van der Waals surface area contributed by atoms with Crippen molar-refractivity contribution in [2.75, 3.05) is 18.0 Å². The van der Waals surface area contributed by atoms with Crippen LogP contribution in [-0.2, 0) is 6.61 Å². The third-order valence-corrected chi connectivity index (χ3v) is 3.59. The first-order valence-corrected chi connectivity index (χ1v) is 7.49. The van der Waals surface area contributed by atoms with Gasteiger partial charge in [-0.2, -0.15) is 0 Å². The van der Waals surface area contributed by atoms with Crippen molar-refractivity contribution in [1.29, 1.82) is 0 Å². The lowest BCUT2D eigenvalue weighted by molar-refractivity contribution is 0.282. The summed E-state index contributed by atoms with van der Waals surface area (Å²) in [6.07, 6.45) is 1.64. The normalized spacial score (nSPS) is 11.0. The third-order valence-electron chi connectivity index (χ3n) is 3.59. The summed E-state index contributed by atoms with van der Waals surface area (Å²) >= 11 is 0. The summed E-state index contributed by atoms with van der Waals surface area (Å²) in [7, 11) is 0. The Kier molecular flexibility index (Phi) is 5.55. The van der Waals surface area contributed by atoms with E-state index in [9.17, 15) is 5.11 Å². The van der Waals surface area contributed by atoms with E-state index in [4.69, 9.17) is 5.11 Å². The van der Waals surface area contributed by atoms with Gasteiger partial charge in [-0.25, -0.2) is 0 Å². The molecule has 22 heavy (non-hydrogen) atoms. The second-order valence-corrected chi connectivity index (χ2v) is 5.00. The predicted octanol–water partition coefficient (Wildman–Crippen LogP) is 3.48. The Morgan fingerprint density at radius 2 is 1.86 bits per heavy atom. The Morgan fingerprint density at radius 1 is 1.09 bits per heavy atom. The summed E-state index contributed by atoms with van der Waals surface area (Å²) in [6.45, 7) is 5.97. The Bertz CT molecular complexity index is 649. The topological polar surface area (TPSA) is 56.1 Å². The van der Waals surface area contributed by atoms with Crippen LogP contribution in [0.5, 0.6) is 5.75 Å². The van der Waals surface area contributed by atoms with E-state index in [1.165, 1.54) is 0 Å². The van der Waals surface area contributed by atoms with Gasteiger partial charge in [0.1, 0.15) is 5.75 Å². The summed E-state index contributed by atoms with van der Waals surface area (Å²) in [6, 6.07) is 13.0. The molecule has 116 valence electrons. The molecular formula is C18H22N2O2. The number of aromatic hydroxyl groups is 1. The number of rotatable bonds is 6. The Balaban J connectivity index is 2.20. The number of nitrogens with zero attached hydrogens (tertiary/aromatic N) is 2. The fourth-order valence-electron chi connectivity index (χ4n) is 2.31. The van der Waals surface area contributed by atoms with Crippen molar-refractivity contribution in [2.24, 2.45) is 4.99 Å². The van der Waals surface area contributed by atoms with Gasteiger partial charge in [0.25, 0.3) is 0 Å². The van der Waals surface area contributed by atoms with E-state index in [1.807, 2.05) is 36.4 Å². The van der Waals surface area contributed by atoms with Gasteiger partial charge < -0.3 is 15.1 Å². The minimum atomic E-state index is -0.00677. The number of anilines is 1. The first-order chi connectivity index (χ1) is 10.7. The van der Waals surface area contributed by atoms with E-state index >= 15 is 0 Å². The number of hydrogen-bond donors (Lipinski definition) is 2. The molecule has 0 aliphatic heterocycles. The van der Waals surface area contributed by atoms with Crippen molar-refractivity contribution in [3.63, 3.8) is 0 Å². The molecule has 4 nitrogen and oxygen atoms in total. The Labute approximate surface area is 131 Å². The lowest BCUT2D eigenvalue weighted by Gasteiger charge is -2.21. The van der Waals surface area contributed by atoms with Gasteiger partial charge in [0.2, 0.25) is 0 Å². The monoisotopic (exact) mass is 298 g/mol. The van der Waals surface area contributed by atoms with Crippen molar-refractivity contribution < 1.29 is 10.2 Å². The minimum absolute atomic E-state index is 0.00677. The zero-order valence-electron chi connectivity index (χ0n) is 13.0. The second-order valence-electron chi connectivity index (χ2n) is 5.00. The summed E-state index contributed by atoms with van der Waals surface area (Å²) in [5, 5.41) is 19.3. The molecule has 0 unspecified atom stereocenters. The van der Waals surface area contributed by atoms with Crippen molar-refractivity contribution in [3.8, 4) is 5.75 Å². The number of hydrogen-bond acceptors (Lipinski definition) is 4. The summed E-state index contributed by atoms with van der Waals surface area (Å²) in [5.74, 6) is 0.214. The van der Waals surface area contributed by atoms with E-state index in [2.05, 4.69) is 23.7 Å². The lowest BCUT2D eigenvalue weighted by Crippen LogP contribution is -2.21. The molecular weight excluding hydrogens is 276 g/mol. The van der Waals surface area contributed by atoms with Gasteiger partial charge in [-0.3, -0.25) is 4.99 Å². The van der Waals surface area contributed by atoms with Gasteiger partial charge in [0.15, 0.2) is 0 Å². The van der Waals surface area contributed by atoms with Crippen LogP contribution in [-0.4, -0.2) is 29.5 Å². The van der Waals surface area contributed by atoms with Crippen LogP contribution >= 0.6 is 0 Å². The average molecular weight is 298 g/mol. The van der Waals surface area contributed by atoms with Crippen molar-refractivity contribution >= 4 is 17.6 Å². The highest BCUT2D eigenvalue weighted by Crippen LogP contribution is 2.24. The molecule has 2 aromatic carbocycles. The molecule has 0 saturated heterocycles. The molecule has 2 N–H and O–H groups in total. The van der Waals surface area contributed by atoms with Crippen LogP contribution in [0, 0.1) is 0 Å². The average Bonchev–Trinajstić information content (AvgIpc) is 2.55. The minimum Gasteiger partial charge on any atom is -0.507 e. The van der Waals surface area contributed by atoms with E-state index < -0.39 is 0 Å². The van der Waals surface area contributed by atoms with Crippen molar-refractivity contribution in [2.45, 2.75) is 20.5 Å². The van der Waals surface area contributed by atoms with Crippen LogP contribution in [0.3, 0.4) is 0 Å². The molecule has 4 heteroatoms. The Hall–Kier alpha value is -2.33. The van der Waals surface area contributed by atoms with Crippen LogP contribution in [0.25, 0.3) is 0 Å². The first-order valence-electron chi connectivity index (χ1n) is 7.49. The Morgan fingerprint density at radius 3 is 2.50 bits per heavy atom. The highest BCUT2D eigenvalue weighted by molar-refractivity contribution is 5.86. The van der Waals surface area contributed by atoms with E-state index in [0.717, 1.165) is 30.0 Å². The molecule has 0 amide bonds. The maximum atomic E-state index is 10.2. The largest absolute Gasteiger partial charge is 0.507 e. The third kappa shape index (κ3) is 3.86. The molecule has 0 aromatic heterocycles. The van der Waals surface area contributed by atoms with Crippen LogP contribution in [0.1, 0.15) is 25.0 Å². The van der Waals surface area contributed by atoms with Crippen LogP contribution in [0.15, 0.2) is 47.5 Å². The van der Waals surface area contributed by atoms with E-state index in [1.54, 1.807) is 12.3 Å². The smallest absolute Gasteiger partial charge is 0.126 e. The molecule has 2 aromatic rings. The molecule has 0 heterocycles. The molecule has 0 fully saturated rings. The van der Waals surface area contributed by atoms with Gasteiger partial charge >= 0.3 is 0 Å². The van der Waals surface area contributed by atoms with Crippen LogP contribution in [0.4, 0.5) is 11.4 Å². The standard InChI is InChI=1S/C18H22N2O2/c1-3-20(4-2)17-9-8-15(18(22)11-17)12-19-16-7-5-6-14(10-16)13-21/h5-12,21-22H,3-4,13H2,1-2H3. The zero-order chi connectivity index (χ0) is 15.9. The predicted molar refractivity (Wildman–Crippen MR) is 91.3 cm³/mol. The van der Waals surface area contributed by atoms with Crippen molar-refractivity contribution in [1.82, 2.24) is 0 Å². The molecule has 0 atom stereocenters. The van der Waals surface area contributed by atoms with E-state index in [-0.39, 0.29) is 12.4 Å². The first kappa shape index (κ1) is 16.0. The fourth-order valence-corrected chi connectivity index (χ4v) is 2.31. The van der Waals surface area contributed by atoms with Crippen LogP contribution < -0.4 is 4.90 Å². The second kappa shape index (κ2) is 7.61. The molecule has 0 aliphatic carbocycles. The van der Waals surface area contributed by atoms with Gasteiger partial charge in [-0.1, -0.05) is 12.1 Å². The number of phenols is 1. The number of aliphatic hydroxyl groups is 1.